The maximum absolute atomic E-state index is 5.74. The van der Waals surface area contributed by atoms with Crippen LogP contribution in [0.25, 0.3) is 0 Å². The maximum atomic E-state index is 5.74. The van der Waals surface area contributed by atoms with Crippen molar-refractivity contribution in [1.29, 1.82) is 0 Å². The fourth-order valence-corrected chi connectivity index (χ4v) is 2.21. The van der Waals surface area contributed by atoms with Gasteiger partial charge >= 0.3 is 0 Å². The molecule has 2 N–H and O–H groups in total. The SMILES string of the molecule is c1ccc(COc2cc(CNC3=NCCCN3)ccn2)cc1. The average Bonchev–Trinajstić information content (AvgIpc) is 2.60. The minimum Gasteiger partial charge on any atom is -0.473 e. The smallest absolute Gasteiger partial charge is 0.213 e. The monoisotopic (exact) mass is 296 g/mol. The van der Waals surface area contributed by atoms with Crippen molar-refractivity contribution in [2.45, 2.75) is 19.6 Å². The van der Waals surface area contributed by atoms with Crippen LogP contribution in [0.15, 0.2) is 53.7 Å². The number of ether oxygens (including phenoxy) is 1. The molecule has 0 amide bonds. The summed E-state index contributed by atoms with van der Waals surface area (Å²) in [5.74, 6) is 1.51. The number of benzene rings is 1. The molecule has 0 bridgehead atoms. The summed E-state index contributed by atoms with van der Waals surface area (Å²) in [4.78, 5) is 8.64. The highest BCUT2D eigenvalue weighted by Gasteiger charge is 2.04. The average molecular weight is 296 g/mol. The van der Waals surface area contributed by atoms with Crippen molar-refractivity contribution >= 4 is 5.96 Å². The van der Waals surface area contributed by atoms with Gasteiger partial charge in [-0.3, -0.25) is 4.99 Å². The van der Waals surface area contributed by atoms with Crippen LogP contribution in [0.1, 0.15) is 17.5 Å². The summed E-state index contributed by atoms with van der Waals surface area (Å²) >= 11 is 0. The van der Waals surface area contributed by atoms with Crippen LogP contribution in [0.4, 0.5) is 0 Å². The van der Waals surface area contributed by atoms with E-state index in [0.29, 0.717) is 19.0 Å². The Labute approximate surface area is 130 Å². The summed E-state index contributed by atoms with van der Waals surface area (Å²) in [6.07, 6.45) is 2.87. The Morgan fingerprint density at radius 2 is 2.05 bits per heavy atom. The van der Waals surface area contributed by atoms with E-state index in [-0.39, 0.29) is 0 Å². The van der Waals surface area contributed by atoms with Crippen molar-refractivity contribution in [1.82, 2.24) is 15.6 Å². The Hall–Kier alpha value is -2.56. The van der Waals surface area contributed by atoms with Gasteiger partial charge in [-0.25, -0.2) is 4.98 Å². The molecule has 0 unspecified atom stereocenters. The molecule has 5 heteroatoms. The van der Waals surface area contributed by atoms with Crippen molar-refractivity contribution in [3.63, 3.8) is 0 Å². The standard InChI is InChI=1S/C17H20N4O/c1-2-5-14(6-3-1)13-22-16-11-15(7-10-18-16)12-21-17-19-8-4-9-20-17/h1-3,5-7,10-11H,4,8-9,12-13H2,(H2,19,20,21). The van der Waals surface area contributed by atoms with Crippen molar-refractivity contribution in [3.8, 4) is 5.88 Å². The van der Waals surface area contributed by atoms with Crippen LogP contribution >= 0.6 is 0 Å². The van der Waals surface area contributed by atoms with Gasteiger partial charge in [0.15, 0.2) is 5.96 Å². The predicted octanol–water partition coefficient (Wildman–Crippen LogP) is 2.10. The van der Waals surface area contributed by atoms with Crippen LogP contribution in [0, 0.1) is 0 Å². The van der Waals surface area contributed by atoms with E-state index in [1.54, 1.807) is 6.20 Å². The van der Waals surface area contributed by atoms with E-state index in [1.165, 1.54) is 0 Å². The van der Waals surface area contributed by atoms with Crippen LogP contribution in [0.3, 0.4) is 0 Å². The summed E-state index contributed by atoms with van der Waals surface area (Å²) in [5.41, 5.74) is 2.25. The number of rotatable bonds is 5. The van der Waals surface area contributed by atoms with Crippen LogP contribution in [0.5, 0.6) is 5.88 Å². The highest BCUT2D eigenvalue weighted by Crippen LogP contribution is 2.11. The summed E-state index contributed by atoms with van der Waals surface area (Å²) in [6.45, 7) is 3.10. The third-order valence-corrected chi connectivity index (χ3v) is 3.39. The number of aromatic nitrogens is 1. The zero-order valence-electron chi connectivity index (χ0n) is 12.5. The lowest BCUT2D eigenvalue weighted by Crippen LogP contribution is -2.40. The zero-order valence-corrected chi connectivity index (χ0v) is 12.5. The minimum atomic E-state index is 0.527. The largest absolute Gasteiger partial charge is 0.473 e. The first-order valence-corrected chi connectivity index (χ1v) is 7.54. The Morgan fingerprint density at radius 1 is 1.14 bits per heavy atom. The third-order valence-electron chi connectivity index (χ3n) is 3.39. The number of hydrogen-bond acceptors (Lipinski definition) is 5. The van der Waals surface area contributed by atoms with E-state index in [4.69, 9.17) is 4.74 Å². The molecule has 0 saturated heterocycles. The number of nitrogens with zero attached hydrogens (tertiary/aromatic N) is 2. The molecular weight excluding hydrogens is 276 g/mol. The molecule has 2 aromatic rings. The summed E-state index contributed by atoms with van der Waals surface area (Å²) in [5, 5.41) is 6.54. The van der Waals surface area contributed by atoms with Gasteiger partial charge in [-0.15, -0.1) is 0 Å². The lowest BCUT2D eigenvalue weighted by atomic mass is 10.2. The van der Waals surface area contributed by atoms with Gasteiger partial charge < -0.3 is 15.4 Å². The molecule has 22 heavy (non-hydrogen) atoms. The second kappa shape index (κ2) is 7.45. The van der Waals surface area contributed by atoms with Crippen LogP contribution in [-0.4, -0.2) is 24.0 Å². The molecule has 0 radical (unpaired) electrons. The Balaban J connectivity index is 1.54. The molecule has 1 aliphatic rings. The van der Waals surface area contributed by atoms with Gasteiger partial charge in [0.25, 0.3) is 0 Å². The van der Waals surface area contributed by atoms with E-state index in [2.05, 4.69) is 20.6 Å². The van der Waals surface area contributed by atoms with Gasteiger partial charge in [0.1, 0.15) is 6.61 Å². The lowest BCUT2D eigenvalue weighted by Gasteiger charge is -2.16. The Kier molecular flexibility index (Phi) is 4.87. The van der Waals surface area contributed by atoms with Crippen LogP contribution in [-0.2, 0) is 13.2 Å². The number of nitrogens with one attached hydrogen (secondary N) is 2. The van der Waals surface area contributed by atoms with E-state index in [1.807, 2.05) is 42.5 Å². The van der Waals surface area contributed by atoms with E-state index < -0.39 is 0 Å². The van der Waals surface area contributed by atoms with Gasteiger partial charge in [-0.1, -0.05) is 30.3 Å². The molecular formula is C17H20N4O. The van der Waals surface area contributed by atoms with Crippen LogP contribution in [0.2, 0.25) is 0 Å². The molecule has 0 spiro atoms. The molecule has 1 aromatic heterocycles. The fourth-order valence-electron chi connectivity index (χ4n) is 2.21. The summed E-state index contributed by atoms with van der Waals surface area (Å²) in [7, 11) is 0. The predicted molar refractivity (Wildman–Crippen MR) is 86.8 cm³/mol. The highest BCUT2D eigenvalue weighted by molar-refractivity contribution is 5.80. The van der Waals surface area contributed by atoms with Gasteiger partial charge in [0.2, 0.25) is 5.88 Å². The second-order valence-electron chi connectivity index (χ2n) is 5.14. The molecule has 0 fully saturated rings. The second-order valence-corrected chi connectivity index (χ2v) is 5.14. The minimum absolute atomic E-state index is 0.527. The Bertz CT molecular complexity index is 628. The lowest BCUT2D eigenvalue weighted by molar-refractivity contribution is 0.293. The first kappa shape index (κ1) is 14.4. The first-order valence-electron chi connectivity index (χ1n) is 7.54. The topological polar surface area (TPSA) is 58.5 Å². The molecule has 0 aliphatic carbocycles. The molecule has 2 heterocycles. The van der Waals surface area contributed by atoms with E-state index >= 15 is 0 Å². The normalized spacial score (nSPS) is 13.9. The Morgan fingerprint density at radius 3 is 2.86 bits per heavy atom. The molecule has 1 aromatic carbocycles. The van der Waals surface area contributed by atoms with E-state index in [0.717, 1.165) is 36.6 Å². The summed E-state index contributed by atoms with van der Waals surface area (Å²) < 4.78 is 5.74. The number of guanidine groups is 1. The molecule has 5 nitrogen and oxygen atoms in total. The molecule has 0 saturated carbocycles. The zero-order chi connectivity index (χ0) is 15.0. The summed E-state index contributed by atoms with van der Waals surface area (Å²) in [6, 6.07) is 14.0. The molecule has 1 aliphatic heterocycles. The fraction of sp³-hybridized carbons (Fsp3) is 0.294. The van der Waals surface area contributed by atoms with Gasteiger partial charge in [-0.2, -0.15) is 0 Å². The van der Waals surface area contributed by atoms with Gasteiger partial charge in [-0.05, 0) is 23.6 Å². The molecule has 114 valence electrons. The number of pyridine rings is 1. The number of hydrogen-bond donors (Lipinski definition) is 2. The molecule has 0 atom stereocenters. The van der Waals surface area contributed by atoms with Gasteiger partial charge in [0.05, 0.1) is 0 Å². The van der Waals surface area contributed by atoms with Crippen molar-refractivity contribution < 1.29 is 4.74 Å². The van der Waals surface area contributed by atoms with Crippen molar-refractivity contribution in [3.05, 3.63) is 59.8 Å². The van der Waals surface area contributed by atoms with Crippen molar-refractivity contribution in [2.75, 3.05) is 13.1 Å². The number of aliphatic imine (C=N–C) groups is 1. The highest BCUT2D eigenvalue weighted by atomic mass is 16.5. The molecule has 3 rings (SSSR count). The van der Waals surface area contributed by atoms with Crippen molar-refractivity contribution in [2.24, 2.45) is 4.99 Å². The van der Waals surface area contributed by atoms with Crippen LogP contribution < -0.4 is 15.4 Å². The first-order chi connectivity index (χ1) is 10.9. The van der Waals surface area contributed by atoms with Gasteiger partial charge in [0, 0.05) is 31.9 Å². The quantitative estimate of drug-likeness (QED) is 0.887. The van der Waals surface area contributed by atoms with E-state index in [9.17, 15) is 0 Å². The maximum Gasteiger partial charge on any atom is 0.213 e. The third kappa shape index (κ3) is 4.22.